The van der Waals surface area contributed by atoms with Gasteiger partial charge in [0.15, 0.2) is 6.61 Å². The number of carbonyl (C=O) groups excluding carboxylic acids is 4. The quantitative estimate of drug-likeness (QED) is 0.565. The molecule has 138 valence electrons. The summed E-state index contributed by atoms with van der Waals surface area (Å²) in [4.78, 5) is 48.0. The minimum atomic E-state index is -0.659. The molecular formula is C17H18N2O6S. The number of esters is 1. The van der Waals surface area contributed by atoms with Crippen LogP contribution in [0.1, 0.15) is 19.4 Å². The first-order valence-electron chi connectivity index (χ1n) is 7.73. The van der Waals surface area contributed by atoms with Crippen molar-refractivity contribution in [2.75, 3.05) is 13.2 Å². The molecule has 0 unspecified atom stereocenters. The fourth-order valence-electron chi connectivity index (χ4n) is 2.09. The summed E-state index contributed by atoms with van der Waals surface area (Å²) in [6.07, 6.45) is 1.13. The molecule has 1 aromatic rings. The van der Waals surface area contributed by atoms with E-state index >= 15 is 0 Å². The van der Waals surface area contributed by atoms with E-state index in [9.17, 15) is 19.2 Å². The van der Waals surface area contributed by atoms with Crippen LogP contribution in [0.15, 0.2) is 29.2 Å². The van der Waals surface area contributed by atoms with Crippen molar-refractivity contribution < 1.29 is 28.7 Å². The number of imide groups is 1. The van der Waals surface area contributed by atoms with E-state index in [0.717, 1.165) is 4.90 Å². The molecular weight excluding hydrogens is 360 g/mol. The van der Waals surface area contributed by atoms with Gasteiger partial charge in [-0.3, -0.25) is 24.1 Å². The molecule has 1 saturated heterocycles. The minimum Gasteiger partial charge on any atom is -0.483 e. The summed E-state index contributed by atoms with van der Waals surface area (Å²) in [6.45, 7) is 2.59. The van der Waals surface area contributed by atoms with Gasteiger partial charge in [0.25, 0.3) is 17.1 Å². The number of amides is 3. The second kappa shape index (κ2) is 8.52. The molecule has 1 aliphatic rings. The Morgan fingerprint density at radius 1 is 1.27 bits per heavy atom. The van der Waals surface area contributed by atoms with Crippen molar-refractivity contribution in [2.45, 2.75) is 20.0 Å². The standard InChI is InChI=1S/C17H18N2O6S/c1-10(2)25-15(21)8-19-16(22)13(26-17(19)23)7-11-5-3-4-6-12(11)24-9-14(18)20/h3-7,10H,8-9H2,1-2H3,(H2,18,20)/b13-7-. The second-order valence-corrected chi connectivity index (χ2v) is 6.59. The predicted molar refractivity (Wildman–Crippen MR) is 95.0 cm³/mol. The Hall–Kier alpha value is -2.81. The number of ether oxygens (including phenoxy) is 2. The van der Waals surface area contributed by atoms with E-state index < -0.39 is 29.6 Å². The Bertz CT molecular complexity index is 774. The van der Waals surface area contributed by atoms with Crippen molar-refractivity contribution in [3.05, 3.63) is 34.7 Å². The average Bonchev–Trinajstić information content (AvgIpc) is 2.81. The van der Waals surface area contributed by atoms with Crippen molar-refractivity contribution in [1.82, 2.24) is 4.90 Å². The van der Waals surface area contributed by atoms with Crippen LogP contribution in [0.5, 0.6) is 5.75 Å². The molecule has 2 rings (SSSR count). The van der Waals surface area contributed by atoms with Gasteiger partial charge in [0.05, 0.1) is 11.0 Å². The summed E-state index contributed by atoms with van der Waals surface area (Å²) in [5.41, 5.74) is 5.56. The third-order valence-corrected chi connectivity index (χ3v) is 4.01. The fourth-order valence-corrected chi connectivity index (χ4v) is 2.92. The first-order valence-corrected chi connectivity index (χ1v) is 8.54. The number of nitrogens with two attached hydrogens (primary N) is 1. The van der Waals surface area contributed by atoms with E-state index in [1.807, 2.05) is 0 Å². The van der Waals surface area contributed by atoms with Gasteiger partial charge in [0.1, 0.15) is 12.3 Å². The predicted octanol–water partition coefficient (Wildman–Crippen LogP) is 1.54. The van der Waals surface area contributed by atoms with Gasteiger partial charge < -0.3 is 15.2 Å². The van der Waals surface area contributed by atoms with E-state index in [-0.39, 0.29) is 17.6 Å². The number of hydrogen-bond acceptors (Lipinski definition) is 7. The number of rotatable bonds is 7. The molecule has 1 heterocycles. The molecule has 0 aromatic heterocycles. The maximum atomic E-state index is 12.4. The van der Waals surface area contributed by atoms with Gasteiger partial charge in [-0.25, -0.2) is 0 Å². The van der Waals surface area contributed by atoms with E-state index in [4.69, 9.17) is 15.2 Å². The maximum Gasteiger partial charge on any atom is 0.326 e. The molecule has 1 fully saturated rings. The monoisotopic (exact) mass is 378 g/mol. The van der Waals surface area contributed by atoms with E-state index in [2.05, 4.69) is 0 Å². The van der Waals surface area contributed by atoms with Crippen molar-refractivity contribution in [2.24, 2.45) is 5.73 Å². The van der Waals surface area contributed by atoms with Gasteiger partial charge in [-0.2, -0.15) is 0 Å². The molecule has 1 aromatic carbocycles. The maximum absolute atomic E-state index is 12.4. The smallest absolute Gasteiger partial charge is 0.326 e. The zero-order chi connectivity index (χ0) is 19.3. The van der Waals surface area contributed by atoms with Crippen LogP contribution in [0.4, 0.5) is 4.79 Å². The number of para-hydroxylation sites is 1. The van der Waals surface area contributed by atoms with Crippen LogP contribution in [0.3, 0.4) is 0 Å². The van der Waals surface area contributed by atoms with Gasteiger partial charge in [-0.15, -0.1) is 0 Å². The first kappa shape index (κ1) is 19.5. The lowest BCUT2D eigenvalue weighted by Crippen LogP contribution is -2.35. The van der Waals surface area contributed by atoms with Crippen LogP contribution in [0.25, 0.3) is 6.08 Å². The lowest BCUT2D eigenvalue weighted by molar-refractivity contribution is -0.149. The second-order valence-electron chi connectivity index (χ2n) is 5.60. The minimum absolute atomic E-state index is 0.141. The first-order chi connectivity index (χ1) is 12.3. The van der Waals surface area contributed by atoms with Gasteiger partial charge in [0.2, 0.25) is 0 Å². The molecule has 1 aliphatic heterocycles. The summed E-state index contributed by atoms with van der Waals surface area (Å²) in [6, 6.07) is 6.69. The molecule has 0 atom stereocenters. The van der Waals surface area contributed by atoms with E-state index in [1.54, 1.807) is 38.1 Å². The van der Waals surface area contributed by atoms with Crippen molar-refractivity contribution in [3.63, 3.8) is 0 Å². The molecule has 0 aliphatic carbocycles. The highest BCUT2D eigenvalue weighted by Gasteiger charge is 2.36. The van der Waals surface area contributed by atoms with Gasteiger partial charge in [0, 0.05) is 5.56 Å². The highest BCUT2D eigenvalue weighted by atomic mass is 32.2. The molecule has 26 heavy (non-hydrogen) atoms. The molecule has 0 spiro atoms. The van der Waals surface area contributed by atoms with Gasteiger partial charge in [-0.1, -0.05) is 18.2 Å². The summed E-state index contributed by atoms with van der Waals surface area (Å²) >= 11 is 0.714. The Morgan fingerprint density at radius 3 is 2.62 bits per heavy atom. The molecule has 2 N–H and O–H groups in total. The number of hydrogen-bond donors (Lipinski definition) is 1. The highest BCUT2D eigenvalue weighted by molar-refractivity contribution is 8.18. The van der Waals surface area contributed by atoms with Crippen molar-refractivity contribution in [1.29, 1.82) is 0 Å². The molecule has 0 bridgehead atoms. The van der Waals surface area contributed by atoms with Crippen molar-refractivity contribution >= 4 is 40.9 Å². The van der Waals surface area contributed by atoms with Gasteiger partial charge in [-0.05, 0) is 37.8 Å². The molecule has 3 amide bonds. The molecule has 0 radical (unpaired) electrons. The lowest BCUT2D eigenvalue weighted by Gasteiger charge is -2.13. The number of carbonyl (C=O) groups is 4. The third-order valence-electron chi connectivity index (χ3n) is 3.10. The summed E-state index contributed by atoms with van der Waals surface area (Å²) < 4.78 is 10.3. The summed E-state index contributed by atoms with van der Waals surface area (Å²) in [7, 11) is 0. The van der Waals surface area contributed by atoms with Crippen LogP contribution in [0.2, 0.25) is 0 Å². The topological polar surface area (TPSA) is 116 Å². The number of thioether (sulfide) groups is 1. The average molecular weight is 378 g/mol. The van der Waals surface area contributed by atoms with Crippen LogP contribution >= 0.6 is 11.8 Å². The Kier molecular flexibility index (Phi) is 6.40. The Morgan fingerprint density at radius 2 is 1.96 bits per heavy atom. The van der Waals surface area contributed by atoms with Crippen LogP contribution in [-0.2, 0) is 19.1 Å². The van der Waals surface area contributed by atoms with Crippen LogP contribution < -0.4 is 10.5 Å². The zero-order valence-electron chi connectivity index (χ0n) is 14.3. The Labute approximate surface area is 154 Å². The highest BCUT2D eigenvalue weighted by Crippen LogP contribution is 2.33. The fraction of sp³-hybridized carbons (Fsp3) is 0.294. The molecule has 0 saturated carbocycles. The molecule has 9 heteroatoms. The normalized spacial score (nSPS) is 15.7. The van der Waals surface area contributed by atoms with Gasteiger partial charge >= 0.3 is 5.97 Å². The number of nitrogens with zero attached hydrogens (tertiary/aromatic N) is 1. The number of primary amides is 1. The third kappa shape index (κ3) is 5.09. The van der Waals surface area contributed by atoms with E-state index in [0.29, 0.717) is 23.1 Å². The zero-order valence-corrected chi connectivity index (χ0v) is 15.1. The van der Waals surface area contributed by atoms with Crippen molar-refractivity contribution in [3.8, 4) is 5.75 Å². The largest absolute Gasteiger partial charge is 0.483 e. The number of benzene rings is 1. The summed E-state index contributed by atoms with van der Waals surface area (Å²) in [5, 5.41) is -0.558. The lowest BCUT2D eigenvalue weighted by atomic mass is 10.2. The van der Waals surface area contributed by atoms with E-state index in [1.165, 1.54) is 6.08 Å². The summed E-state index contributed by atoms with van der Waals surface area (Å²) in [5.74, 6) is -1.54. The SMILES string of the molecule is CC(C)OC(=O)CN1C(=O)S/C(=C\c2ccccc2OCC(N)=O)C1=O. The van der Waals surface area contributed by atoms with Crippen LogP contribution in [0, 0.1) is 0 Å². The van der Waals surface area contributed by atoms with Crippen LogP contribution in [-0.4, -0.2) is 47.2 Å². The Balaban J connectivity index is 2.17. The molecule has 8 nitrogen and oxygen atoms in total.